The summed E-state index contributed by atoms with van der Waals surface area (Å²) in [5, 5.41) is 15.4. The smallest absolute Gasteiger partial charge is 0.330 e. The maximum atomic E-state index is 13.6. The third kappa shape index (κ3) is 4.55. The normalized spacial score (nSPS) is 40.8. The molecule has 226 valence electrons. The van der Waals surface area contributed by atoms with Gasteiger partial charge in [0.25, 0.3) is 5.56 Å². The molecule has 6 rings (SSSR count). The standard InChI is InChI=1S/C30H39N5O7/c1-15-13-35(28(40)32-26(15)38)24-11-21(33-34-31)23(42-24)14-41-27(39)20-7-6-19-18-5-4-16-10-17(36)8-9-29(16,2)25(18)22(37)12-30(19,20)3/h10,13,18-25,37H,4-9,11-12,14H2,1-3H3,(H,32,38,40)/t18-,19?,20+,21?,22-,23?,24?,25?,29-,30-/m0/s1. The molecule has 10 atom stereocenters. The van der Waals surface area contributed by atoms with Gasteiger partial charge in [0, 0.05) is 29.5 Å². The first-order valence-electron chi connectivity index (χ1n) is 15.1. The SMILES string of the molecule is Cc1cn(C2CC(N=[N+]=[N-])C(COC(=O)[C@H]3CCC4[C@@H]5CCC6=CC(=O)CC[C@]6(C)C5[C@@H](O)C[C@@]43C)O2)c(=O)[nH]c1=O. The molecular weight excluding hydrogens is 542 g/mol. The zero-order valence-corrected chi connectivity index (χ0v) is 24.3. The summed E-state index contributed by atoms with van der Waals surface area (Å²) in [4.78, 5) is 55.1. The summed E-state index contributed by atoms with van der Waals surface area (Å²) in [6.07, 6.45) is 6.43. The summed E-state index contributed by atoms with van der Waals surface area (Å²) in [5.41, 5.74) is 8.91. The number of rotatable bonds is 5. The highest BCUT2D eigenvalue weighted by molar-refractivity contribution is 5.91. The Morgan fingerprint density at radius 2 is 2.05 bits per heavy atom. The number of esters is 1. The minimum Gasteiger partial charge on any atom is -0.463 e. The van der Waals surface area contributed by atoms with Crippen LogP contribution in [0.15, 0.2) is 32.5 Å². The Morgan fingerprint density at radius 3 is 2.81 bits per heavy atom. The molecule has 4 aliphatic carbocycles. The number of H-pyrrole nitrogens is 1. The third-order valence-electron chi connectivity index (χ3n) is 11.4. The summed E-state index contributed by atoms with van der Waals surface area (Å²) in [6, 6.07) is -0.663. The average Bonchev–Trinajstić information content (AvgIpc) is 3.50. The molecule has 12 nitrogen and oxygen atoms in total. The van der Waals surface area contributed by atoms with Crippen molar-refractivity contribution in [1.82, 2.24) is 9.55 Å². The second kappa shape index (κ2) is 10.5. The first kappa shape index (κ1) is 28.9. The second-order valence-electron chi connectivity index (χ2n) is 13.5. The van der Waals surface area contributed by atoms with E-state index in [0.717, 1.165) is 25.7 Å². The van der Waals surface area contributed by atoms with Gasteiger partial charge >= 0.3 is 11.7 Å². The number of aromatic nitrogens is 2. The maximum Gasteiger partial charge on any atom is 0.330 e. The highest BCUT2D eigenvalue weighted by atomic mass is 16.6. The molecule has 0 bridgehead atoms. The molecule has 1 aliphatic heterocycles. The van der Waals surface area contributed by atoms with Gasteiger partial charge in [0.2, 0.25) is 0 Å². The van der Waals surface area contributed by atoms with Gasteiger partial charge in [-0.15, -0.1) is 0 Å². The van der Waals surface area contributed by atoms with Gasteiger partial charge in [-0.1, -0.05) is 24.5 Å². The largest absolute Gasteiger partial charge is 0.463 e. The molecule has 3 saturated carbocycles. The van der Waals surface area contributed by atoms with Crippen molar-refractivity contribution in [2.24, 2.45) is 39.6 Å². The molecule has 5 aliphatic rings. The van der Waals surface area contributed by atoms with Crippen LogP contribution in [0.1, 0.15) is 77.0 Å². The second-order valence-corrected chi connectivity index (χ2v) is 13.5. The number of hydrogen-bond donors (Lipinski definition) is 2. The van der Waals surface area contributed by atoms with Gasteiger partial charge < -0.3 is 14.6 Å². The first-order chi connectivity index (χ1) is 20.0. The van der Waals surface area contributed by atoms with E-state index in [1.54, 1.807) is 6.92 Å². The molecule has 42 heavy (non-hydrogen) atoms. The number of nitrogens with zero attached hydrogens (tertiary/aromatic N) is 4. The summed E-state index contributed by atoms with van der Waals surface area (Å²) in [7, 11) is 0. The monoisotopic (exact) mass is 581 g/mol. The zero-order chi connectivity index (χ0) is 30.0. The van der Waals surface area contributed by atoms with Crippen molar-refractivity contribution in [3.63, 3.8) is 0 Å². The van der Waals surface area contributed by atoms with Gasteiger partial charge in [0.15, 0.2) is 5.78 Å². The number of aliphatic hydroxyl groups is 1. The van der Waals surface area contributed by atoms with Crippen LogP contribution in [0, 0.1) is 41.4 Å². The molecule has 1 aromatic rings. The van der Waals surface area contributed by atoms with E-state index in [2.05, 4.69) is 28.9 Å². The summed E-state index contributed by atoms with van der Waals surface area (Å²) >= 11 is 0. The fourth-order valence-electron chi connectivity index (χ4n) is 9.36. The number of nitrogens with one attached hydrogen (secondary N) is 1. The van der Waals surface area contributed by atoms with Crippen LogP contribution >= 0.6 is 0 Å². The Balaban J connectivity index is 1.16. The predicted octanol–water partition coefficient (Wildman–Crippen LogP) is 3.47. The molecule has 1 saturated heterocycles. The summed E-state index contributed by atoms with van der Waals surface area (Å²) < 4.78 is 13.1. The Kier molecular flexibility index (Phi) is 7.22. The van der Waals surface area contributed by atoms with E-state index >= 15 is 0 Å². The van der Waals surface area contributed by atoms with Crippen molar-refractivity contribution >= 4 is 11.8 Å². The predicted molar refractivity (Wildman–Crippen MR) is 150 cm³/mol. The number of azide groups is 1. The van der Waals surface area contributed by atoms with Gasteiger partial charge in [-0.3, -0.25) is 23.9 Å². The van der Waals surface area contributed by atoms with Crippen LogP contribution in [-0.2, 0) is 19.1 Å². The molecular formula is C30H39N5O7. The zero-order valence-electron chi connectivity index (χ0n) is 24.3. The van der Waals surface area contributed by atoms with Gasteiger partial charge in [-0.05, 0) is 85.6 Å². The minimum atomic E-state index is -0.784. The number of fused-ring (bicyclic) bond motifs is 5. The average molecular weight is 582 g/mol. The molecule has 1 aromatic heterocycles. The molecule has 0 spiro atoms. The van der Waals surface area contributed by atoms with E-state index in [0.29, 0.717) is 24.8 Å². The lowest BCUT2D eigenvalue weighted by molar-refractivity contribution is -0.167. The van der Waals surface area contributed by atoms with E-state index in [9.17, 15) is 24.3 Å². The van der Waals surface area contributed by atoms with E-state index in [1.165, 1.54) is 16.3 Å². The molecule has 2 N–H and O–H groups in total. The third-order valence-corrected chi connectivity index (χ3v) is 11.4. The van der Waals surface area contributed by atoms with E-state index in [-0.39, 0.29) is 53.9 Å². The number of aryl methyl sites for hydroxylation is 1. The maximum absolute atomic E-state index is 13.6. The van der Waals surface area contributed by atoms with E-state index < -0.39 is 41.1 Å². The van der Waals surface area contributed by atoms with E-state index in [1.807, 2.05) is 6.08 Å². The minimum absolute atomic E-state index is 0.0758. The van der Waals surface area contributed by atoms with Crippen molar-refractivity contribution in [2.45, 2.75) is 96.6 Å². The summed E-state index contributed by atoms with van der Waals surface area (Å²) in [5.74, 6) is 0.0838. The number of aliphatic hydroxyl groups excluding tert-OH is 1. The van der Waals surface area contributed by atoms with Gasteiger partial charge in [-0.25, -0.2) is 4.79 Å². The van der Waals surface area contributed by atoms with Crippen LogP contribution in [0.5, 0.6) is 0 Å². The molecule has 0 amide bonds. The van der Waals surface area contributed by atoms with Crippen LogP contribution in [0.25, 0.3) is 10.4 Å². The number of aromatic amines is 1. The van der Waals surface area contributed by atoms with Crippen molar-refractivity contribution in [2.75, 3.05) is 6.61 Å². The van der Waals surface area contributed by atoms with Crippen molar-refractivity contribution in [3.8, 4) is 0 Å². The lowest BCUT2D eigenvalue weighted by Crippen LogP contribution is -2.57. The van der Waals surface area contributed by atoms with Crippen LogP contribution in [0.4, 0.5) is 0 Å². The molecule has 0 aromatic carbocycles. The van der Waals surface area contributed by atoms with Crippen LogP contribution < -0.4 is 11.2 Å². The topological polar surface area (TPSA) is 176 Å². The quantitative estimate of drug-likeness (QED) is 0.231. The highest BCUT2D eigenvalue weighted by Gasteiger charge is 2.63. The van der Waals surface area contributed by atoms with Crippen molar-refractivity contribution in [1.29, 1.82) is 0 Å². The number of hydrogen-bond acceptors (Lipinski definition) is 8. The van der Waals surface area contributed by atoms with Gasteiger partial charge in [0.05, 0.1) is 18.1 Å². The van der Waals surface area contributed by atoms with Gasteiger partial charge in [0.1, 0.15) is 18.9 Å². The Morgan fingerprint density at radius 1 is 1.26 bits per heavy atom. The Hall–Kier alpha value is -3.21. The Labute approximate surface area is 243 Å². The lowest BCUT2D eigenvalue weighted by atomic mass is 9.46. The fourth-order valence-corrected chi connectivity index (χ4v) is 9.36. The Bertz CT molecular complexity index is 1490. The van der Waals surface area contributed by atoms with Crippen molar-refractivity contribution in [3.05, 3.63) is 54.7 Å². The molecule has 0 radical (unpaired) electrons. The highest BCUT2D eigenvalue weighted by Crippen LogP contribution is 2.66. The number of ketones is 1. The van der Waals surface area contributed by atoms with Crippen LogP contribution in [0.2, 0.25) is 0 Å². The first-order valence-corrected chi connectivity index (χ1v) is 15.1. The number of carbonyl (C=O) groups is 2. The molecule has 12 heteroatoms. The number of allylic oxidation sites excluding steroid dienone is 1. The molecule has 5 unspecified atom stereocenters. The number of ether oxygens (including phenoxy) is 2. The summed E-state index contributed by atoms with van der Waals surface area (Å²) in [6.45, 7) is 5.77. The molecule has 2 heterocycles. The van der Waals surface area contributed by atoms with Crippen LogP contribution in [0.3, 0.4) is 0 Å². The van der Waals surface area contributed by atoms with Gasteiger partial charge in [-0.2, -0.15) is 0 Å². The van der Waals surface area contributed by atoms with E-state index in [4.69, 9.17) is 15.0 Å². The lowest BCUT2D eigenvalue weighted by Gasteiger charge is -2.59. The molecule has 4 fully saturated rings. The van der Waals surface area contributed by atoms with Crippen molar-refractivity contribution < 1.29 is 24.2 Å². The fraction of sp³-hybridized carbons (Fsp3) is 0.733. The van der Waals surface area contributed by atoms with Crippen LogP contribution in [-0.4, -0.2) is 51.3 Å². The number of carbonyl (C=O) groups excluding carboxylic acids is 2.